The van der Waals surface area contributed by atoms with Crippen LogP contribution in [-0.2, 0) is 11.4 Å². The summed E-state index contributed by atoms with van der Waals surface area (Å²) in [5.41, 5.74) is 1.37. The van der Waals surface area contributed by atoms with Crippen molar-refractivity contribution in [3.63, 3.8) is 0 Å². The first-order valence-electron chi connectivity index (χ1n) is 8.47. The second kappa shape index (κ2) is 9.67. The minimum atomic E-state index is -0.446. The summed E-state index contributed by atoms with van der Waals surface area (Å²) in [5.74, 6) is 2.56. The fraction of sp³-hybridized carbons (Fsp3) is 0.143. The number of terminal acetylenes is 1. The van der Waals surface area contributed by atoms with E-state index in [-0.39, 0.29) is 23.1 Å². The van der Waals surface area contributed by atoms with E-state index in [0.29, 0.717) is 27.1 Å². The molecule has 0 bridgehead atoms. The smallest absolute Gasteiger partial charge is 0.294 e. The van der Waals surface area contributed by atoms with E-state index in [4.69, 9.17) is 50.7 Å². The summed E-state index contributed by atoms with van der Waals surface area (Å²) in [6.07, 6.45) is 6.76. The Balaban J connectivity index is 1.84. The van der Waals surface area contributed by atoms with Crippen LogP contribution < -0.4 is 9.47 Å². The van der Waals surface area contributed by atoms with Gasteiger partial charge in [0.15, 0.2) is 11.5 Å². The summed E-state index contributed by atoms with van der Waals surface area (Å²) >= 11 is 19.2. The number of methoxy groups -OCH3 is 1. The summed E-state index contributed by atoms with van der Waals surface area (Å²) in [6.45, 7) is 0.116. The number of thioether (sulfide) groups is 1. The van der Waals surface area contributed by atoms with Crippen LogP contribution in [0.15, 0.2) is 35.2 Å². The highest BCUT2D eigenvalue weighted by atomic mass is 35.5. The number of benzene rings is 2. The van der Waals surface area contributed by atoms with Crippen LogP contribution in [0, 0.1) is 12.3 Å². The molecule has 0 aliphatic carbocycles. The number of hydrogen-bond donors (Lipinski definition) is 0. The Morgan fingerprint density at radius 1 is 1.13 bits per heavy atom. The number of carbonyl (C=O) groups is 2. The monoisotopic (exact) mass is 481 g/mol. The van der Waals surface area contributed by atoms with E-state index >= 15 is 0 Å². The van der Waals surface area contributed by atoms with E-state index in [1.54, 1.807) is 36.4 Å². The standard InChI is InChI=1S/C21H14Cl3NO4S/c1-3-6-25-20(26)18(30-21(25)27)10-13-8-16(24)19(17(9-13)28-2)29-11-12-4-5-14(22)15(23)7-12/h1,4-5,7-10H,6,11H2,2H3/b18-10+. The summed E-state index contributed by atoms with van der Waals surface area (Å²) < 4.78 is 11.2. The van der Waals surface area contributed by atoms with Crippen LogP contribution in [0.2, 0.25) is 15.1 Å². The molecule has 154 valence electrons. The van der Waals surface area contributed by atoms with Gasteiger partial charge in [-0.2, -0.15) is 0 Å². The highest BCUT2D eigenvalue weighted by Gasteiger charge is 2.34. The Morgan fingerprint density at radius 2 is 1.90 bits per heavy atom. The maximum absolute atomic E-state index is 12.3. The van der Waals surface area contributed by atoms with Crippen molar-refractivity contribution in [2.75, 3.05) is 13.7 Å². The molecule has 3 rings (SSSR count). The molecule has 0 spiro atoms. The second-order valence-corrected chi connectivity index (χ2v) is 8.26. The molecule has 0 N–H and O–H groups in total. The van der Waals surface area contributed by atoms with Crippen LogP contribution in [0.3, 0.4) is 0 Å². The van der Waals surface area contributed by atoms with Crippen molar-refractivity contribution in [3.05, 3.63) is 61.4 Å². The lowest BCUT2D eigenvalue weighted by molar-refractivity contribution is -0.122. The second-order valence-electron chi connectivity index (χ2n) is 6.04. The Hall–Kier alpha value is -2.30. The number of imide groups is 1. The van der Waals surface area contributed by atoms with Crippen molar-refractivity contribution in [1.29, 1.82) is 0 Å². The molecule has 1 aliphatic rings. The first-order chi connectivity index (χ1) is 14.3. The fourth-order valence-corrected chi connectivity index (χ4v) is 4.06. The zero-order chi connectivity index (χ0) is 21.8. The molecule has 2 aromatic rings. The molecule has 2 amide bonds. The molecule has 1 fully saturated rings. The largest absolute Gasteiger partial charge is 0.493 e. The van der Waals surface area contributed by atoms with E-state index in [9.17, 15) is 9.59 Å². The van der Waals surface area contributed by atoms with Crippen LogP contribution in [-0.4, -0.2) is 29.7 Å². The highest BCUT2D eigenvalue weighted by Crippen LogP contribution is 2.39. The Labute approximate surface area is 192 Å². The lowest BCUT2D eigenvalue weighted by Gasteiger charge is -2.14. The van der Waals surface area contributed by atoms with Gasteiger partial charge in [-0.25, -0.2) is 0 Å². The van der Waals surface area contributed by atoms with E-state index < -0.39 is 11.1 Å². The molecule has 0 radical (unpaired) electrons. The average molecular weight is 483 g/mol. The van der Waals surface area contributed by atoms with Crippen molar-refractivity contribution in [1.82, 2.24) is 4.90 Å². The number of rotatable bonds is 6. The van der Waals surface area contributed by atoms with Gasteiger partial charge in [0.25, 0.3) is 11.1 Å². The van der Waals surface area contributed by atoms with Crippen molar-refractivity contribution in [2.45, 2.75) is 6.61 Å². The molecule has 2 aromatic carbocycles. The minimum Gasteiger partial charge on any atom is -0.493 e. The fourth-order valence-electron chi connectivity index (χ4n) is 2.63. The van der Waals surface area contributed by atoms with Crippen LogP contribution in [0.4, 0.5) is 4.79 Å². The zero-order valence-corrected chi connectivity index (χ0v) is 18.7. The molecular formula is C21H14Cl3NO4S. The van der Waals surface area contributed by atoms with Crippen molar-refractivity contribution < 1.29 is 19.1 Å². The van der Waals surface area contributed by atoms with Crippen molar-refractivity contribution in [2.24, 2.45) is 0 Å². The normalized spacial score (nSPS) is 14.9. The van der Waals surface area contributed by atoms with Gasteiger partial charge in [0.2, 0.25) is 0 Å². The molecule has 0 atom stereocenters. The number of hydrogen-bond acceptors (Lipinski definition) is 5. The van der Waals surface area contributed by atoms with Gasteiger partial charge in [-0.1, -0.05) is 46.8 Å². The van der Waals surface area contributed by atoms with Gasteiger partial charge in [-0.3, -0.25) is 14.5 Å². The molecule has 0 unspecified atom stereocenters. The number of halogens is 3. The van der Waals surface area contributed by atoms with Crippen LogP contribution in [0.1, 0.15) is 11.1 Å². The molecule has 5 nitrogen and oxygen atoms in total. The van der Waals surface area contributed by atoms with Crippen molar-refractivity contribution >= 4 is 63.8 Å². The predicted octanol–water partition coefficient (Wildman–Crippen LogP) is 5.90. The molecule has 30 heavy (non-hydrogen) atoms. The number of ether oxygens (including phenoxy) is 2. The maximum atomic E-state index is 12.3. The third-order valence-corrected chi connectivity index (χ3v) is 5.97. The molecule has 0 aromatic heterocycles. The Kier molecular flexibility index (Phi) is 7.22. The number of nitrogens with zero attached hydrogens (tertiary/aromatic N) is 1. The first kappa shape index (κ1) is 22.4. The van der Waals surface area contributed by atoms with Gasteiger partial charge >= 0.3 is 0 Å². The van der Waals surface area contributed by atoms with Crippen LogP contribution in [0.5, 0.6) is 11.5 Å². The zero-order valence-electron chi connectivity index (χ0n) is 15.6. The quantitative estimate of drug-likeness (QED) is 0.379. The molecule has 1 heterocycles. The molecule has 1 aliphatic heterocycles. The topological polar surface area (TPSA) is 55.8 Å². The number of amides is 2. The molecule has 9 heteroatoms. The lowest BCUT2D eigenvalue weighted by atomic mass is 10.1. The third-order valence-electron chi connectivity index (χ3n) is 4.04. The average Bonchev–Trinajstić information content (AvgIpc) is 2.97. The van der Waals surface area contributed by atoms with Gasteiger partial charge in [0.1, 0.15) is 6.61 Å². The minimum absolute atomic E-state index is 0.0758. The highest BCUT2D eigenvalue weighted by molar-refractivity contribution is 8.18. The predicted molar refractivity (Wildman–Crippen MR) is 120 cm³/mol. The summed E-state index contributed by atoms with van der Waals surface area (Å²) in [6, 6.07) is 8.44. The summed E-state index contributed by atoms with van der Waals surface area (Å²) in [7, 11) is 1.47. The third kappa shape index (κ3) is 4.88. The molecule has 0 saturated carbocycles. The van der Waals surface area contributed by atoms with Gasteiger partial charge < -0.3 is 9.47 Å². The molecular weight excluding hydrogens is 469 g/mol. The van der Waals surface area contributed by atoms with Gasteiger partial charge in [-0.05, 0) is 53.2 Å². The van der Waals surface area contributed by atoms with Gasteiger partial charge in [0.05, 0.1) is 33.6 Å². The number of carbonyl (C=O) groups excluding carboxylic acids is 2. The van der Waals surface area contributed by atoms with Gasteiger partial charge in [-0.15, -0.1) is 6.42 Å². The first-order valence-corrected chi connectivity index (χ1v) is 10.4. The Bertz CT molecular complexity index is 1090. The van der Waals surface area contributed by atoms with E-state index in [1.165, 1.54) is 7.11 Å². The van der Waals surface area contributed by atoms with Crippen LogP contribution in [0.25, 0.3) is 6.08 Å². The SMILES string of the molecule is C#CCN1C(=O)S/C(=C/c2cc(Cl)c(OCc3ccc(Cl)c(Cl)c3)c(OC)c2)C1=O. The maximum Gasteiger partial charge on any atom is 0.294 e. The van der Waals surface area contributed by atoms with Crippen LogP contribution >= 0.6 is 46.6 Å². The van der Waals surface area contributed by atoms with E-state index in [0.717, 1.165) is 22.2 Å². The Morgan fingerprint density at radius 3 is 2.57 bits per heavy atom. The summed E-state index contributed by atoms with van der Waals surface area (Å²) in [5, 5.41) is 0.740. The van der Waals surface area contributed by atoms with E-state index in [2.05, 4.69) is 5.92 Å². The lowest BCUT2D eigenvalue weighted by Crippen LogP contribution is -2.28. The van der Waals surface area contributed by atoms with E-state index in [1.807, 2.05) is 0 Å². The van der Waals surface area contributed by atoms with Crippen molar-refractivity contribution in [3.8, 4) is 23.8 Å². The van der Waals surface area contributed by atoms with Gasteiger partial charge in [0, 0.05) is 0 Å². The molecule has 1 saturated heterocycles. The summed E-state index contributed by atoms with van der Waals surface area (Å²) in [4.78, 5) is 25.5.